The summed E-state index contributed by atoms with van der Waals surface area (Å²) >= 11 is 4.76. The molecule has 1 N–H and O–H groups in total. The maximum Gasteiger partial charge on any atom is 0.330 e. The second-order valence-corrected chi connectivity index (χ2v) is 11.2. The largest absolute Gasteiger partial charge is 0.460 e. The van der Waals surface area contributed by atoms with Crippen molar-refractivity contribution in [3.63, 3.8) is 0 Å². The molecule has 162 valence electrons. The summed E-state index contributed by atoms with van der Waals surface area (Å²) in [6.45, 7) is 7.26. The number of ketones is 1. The van der Waals surface area contributed by atoms with Crippen molar-refractivity contribution in [2.45, 2.75) is 40.4 Å². The Balaban J connectivity index is 1.65. The van der Waals surface area contributed by atoms with Crippen LogP contribution in [-0.2, 0) is 14.3 Å². The lowest BCUT2D eigenvalue weighted by Crippen LogP contribution is -2.75. The number of benzene rings is 2. The number of amides is 1. The number of carbonyl (C=O) groups is 3. The molecule has 2 aromatic carbocycles. The van der Waals surface area contributed by atoms with Gasteiger partial charge in [-0.25, -0.2) is 4.79 Å². The highest BCUT2D eigenvalue weighted by Crippen LogP contribution is 2.59. The summed E-state index contributed by atoms with van der Waals surface area (Å²) in [7, 11) is 0. The van der Waals surface area contributed by atoms with Crippen molar-refractivity contribution in [2.24, 2.45) is 0 Å². The van der Waals surface area contributed by atoms with Crippen LogP contribution in [0.4, 0.5) is 0 Å². The van der Waals surface area contributed by atoms with Gasteiger partial charge in [0.1, 0.15) is 24.1 Å². The number of ether oxygens (including phenoxy) is 1. The number of halogens is 1. The average molecular weight is 504 g/mol. The molecule has 2 saturated heterocycles. The SMILES string of the molecule is C=CCOC(=O)[C@@H]1N2C(=O)C(Br)(C(O)C(=O)c3cccc4ccccc34)[C@H]2SC1(C)C. The van der Waals surface area contributed by atoms with E-state index in [-0.39, 0.29) is 6.61 Å². The normalized spacial score (nSPS) is 27.4. The summed E-state index contributed by atoms with van der Waals surface area (Å²) in [5.41, 5.74) is 0.347. The van der Waals surface area contributed by atoms with Crippen LogP contribution < -0.4 is 0 Å². The number of alkyl halides is 1. The smallest absolute Gasteiger partial charge is 0.330 e. The van der Waals surface area contributed by atoms with Crippen LogP contribution in [0.3, 0.4) is 0 Å². The van der Waals surface area contributed by atoms with E-state index in [2.05, 4.69) is 22.5 Å². The zero-order valence-electron chi connectivity index (χ0n) is 17.1. The summed E-state index contributed by atoms with van der Waals surface area (Å²) in [6.07, 6.45) is -0.151. The standard InChI is InChI=1S/C23H22BrNO5S/c1-4-12-30-19(28)17-22(2,3)31-21-23(24,20(29)25(17)21)18(27)16(26)15-11-7-9-13-8-5-6-10-14(13)15/h4-11,17-18,21,27H,1,12H2,2-3H3/t17-,18?,21+,23?/m0/s1. The highest BCUT2D eigenvalue weighted by atomic mass is 79.9. The molecule has 8 heteroatoms. The van der Waals surface area contributed by atoms with Crippen LogP contribution in [-0.4, -0.2) is 60.9 Å². The molecule has 0 spiro atoms. The fourth-order valence-corrected chi connectivity index (χ4v) is 6.84. The number of rotatable bonds is 6. The molecule has 0 aliphatic carbocycles. The van der Waals surface area contributed by atoms with Gasteiger partial charge in [0.25, 0.3) is 0 Å². The monoisotopic (exact) mass is 503 g/mol. The highest BCUT2D eigenvalue weighted by molar-refractivity contribution is 9.10. The van der Waals surface area contributed by atoms with E-state index in [0.29, 0.717) is 10.9 Å². The second-order valence-electron chi connectivity index (χ2n) is 8.17. The Bertz CT molecular complexity index is 1100. The average Bonchev–Trinajstić information content (AvgIpc) is 3.04. The molecule has 2 fully saturated rings. The van der Waals surface area contributed by atoms with E-state index in [1.54, 1.807) is 12.1 Å². The van der Waals surface area contributed by atoms with Crippen LogP contribution in [0.2, 0.25) is 0 Å². The number of aliphatic hydroxyl groups is 1. The van der Waals surface area contributed by atoms with Gasteiger partial charge < -0.3 is 14.7 Å². The number of hydrogen-bond donors (Lipinski definition) is 1. The minimum atomic E-state index is -1.61. The lowest BCUT2D eigenvalue weighted by Gasteiger charge is -2.51. The summed E-state index contributed by atoms with van der Waals surface area (Å²) in [6, 6.07) is 11.8. The van der Waals surface area contributed by atoms with Crippen molar-refractivity contribution in [2.75, 3.05) is 6.61 Å². The molecule has 4 atom stereocenters. The van der Waals surface area contributed by atoms with Gasteiger partial charge >= 0.3 is 5.97 Å². The van der Waals surface area contributed by atoms with Crippen LogP contribution in [0.5, 0.6) is 0 Å². The molecule has 2 aliphatic heterocycles. The van der Waals surface area contributed by atoms with Gasteiger partial charge in [0.15, 0.2) is 10.1 Å². The first-order chi connectivity index (χ1) is 14.6. The first kappa shape index (κ1) is 22.0. The van der Waals surface area contributed by atoms with E-state index in [0.717, 1.165) is 5.39 Å². The Labute approximate surface area is 192 Å². The molecule has 0 radical (unpaired) electrons. The Morgan fingerprint density at radius 1 is 1.29 bits per heavy atom. The predicted molar refractivity (Wildman–Crippen MR) is 123 cm³/mol. The molecule has 31 heavy (non-hydrogen) atoms. The predicted octanol–water partition coefficient (Wildman–Crippen LogP) is 3.31. The van der Waals surface area contributed by atoms with Crippen molar-refractivity contribution < 1.29 is 24.2 Å². The van der Waals surface area contributed by atoms with Crippen molar-refractivity contribution in [1.82, 2.24) is 4.90 Å². The van der Waals surface area contributed by atoms with Gasteiger partial charge in [-0.3, -0.25) is 9.59 Å². The fourth-order valence-electron chi connectivity index (χ4n) is 4.28. The lowest BCUT2D eigenvalue weighted by atomic mass is 9.83. The minimum absolute atomic E-state index is 0.0461. The third kappa shape index (κ3) is 3.23. The zero-order chi connectivity index (χ0) is 22.6. The van der Waals surface area contributed by atoms with Gasteiger partial charge in [-0.1, -0.05) is 71.0 Å². The van der Waals surface area contributed by atoms with E-state index in [1.807, 2.05) is 44.2 Å². The summed E-state index contributed by atoms with van der Waals surface area (Å²) in [4.78, 5) is 40.5. The van der Waals surface area contributed by atoms with Gasteiger partial charge in [0.2, 0.25) is 5.91 Å². The number of fused-ring (bicyclic) bond motifs is 2. The van der Waals surface area contributed by atoms with Crippen molar-refractivity contribution in [1.29, 1.82) is 0 Å². The number of hydrogen-bond acceptors (Lipinski definition) is 6. The number of Topliss-reactive ketones (excluding diaryl/α,β-unsaturated/α-hetero) is 1. The maximum atomic E-state index is 13.3. The van der Waals surface area contributed by atoms with E-state index in [1.165, 1.54) is 22.7 Å². The third-order valence-corrected chi connectivity index (χ3v) is 8.96. The van der Waals surface area contributed by atoms with Gasteiger partial charge in [-0.05, 0) is 24.6 Å². The van der Waals surface area contributed by atoms with E-state index >= 15 is 0 Å². The summed E-state index contributed by atoms with van der Waals surface area (Å²) in [5, 5.41) is 12.1. The van der Waals surface area contributed by atoms with Crippen LogP contribution in [0.1, 0.15) is 24.2 Å². The lowest BCUT2D eigenvalue weighted by molar-refractivity contribution is -0.165. The molecule has 4 rings (SSSR count). The number of esters is 1. The molecule has 2 aromatic rings. The first-order valence-electron chi connectivity index (χ1n) is 9.81. The number of β-lactam (4-membered cyclic amide) rings is 1. The van der Waals surface area contributed by atoms with E-state index in [9.17, 15) is 19.5 Å². The van der Waals surface area contributed by atoms with Crippen molar-refractivity contribution >= 4 is 56.1 Å². The molecule has 2 unspecified atom stereocenters. The number of nitrogens with zero attached hydrogens (tertiary/aromatic N) is 1. The Kier molecular flexibility index (Phi) is 5.52. The van der Waals surface area contributed by atoms with Crippen LogP contribution >= 0.6 is 27.7 Å². The van der Waals surface area contributed by atoms with Crippen molar-refractivity contribution in [3.05, 3.63) is 60.7 Å². The van der Waals surface area contributed by atoms with E-state index in [4.69, 9.17) is 4.74 Å². The fraction of sp³-hybridized carbons (Fsp3) is 0.348. The van der Waals surface area contributed by atoms with Gasteiger partial charge in [-0.15, -0.1) is 11.8 Å². The molecule has 6 nitrogen and oxygen atoms in total. The third-order valence-electron chi connectivity index (χ3n) is 5.79. The molecule has 0 aromatic heterocycles. The molecule has 2 aliphatic rings. The Hall–Kier alpha value is -2.16. The maximum absolute atomic E-state index is 13.3. The Morgan fingerprint density at radius 3 is 2.68 bits per heavy atom. The molecule has 2 heterocycles. The number of carbonyl (C=O) groups excluding carboxylic acids is 3. The van der Waals surface area contributed by atoms with Crippen molar-refractivity contribution in [3.8, 4) is 0 Å². The van der Waals surface area contributed by atoms with Crippen LogP contribution in [0, 0.1) is 0 Å². The van der Waals surface area contributed by atoms with Crippen LogP contribution in [0.25, 0.3) is 10.8 Å². The van der Waals surface area contributed by atoms with Gasteiger partial charge in [-0.2, -0.15) is 0 Å². The summed E-state index contributed by atoms with van der Waals surface area (Å²) < 4.78 is 3.02. The molecular weight excluding hydrogens is 482 g/mol. The van der Waals surface area contributed by atoms with Gasteiger partial charge in [0.05, 0.1) is 0 Å². The van der Waals surface area contributed by atoms with E-state index < -0.39 is 44.3 Å². The molecule has 0 saturated carbocycles. The minimum Gasteiger partial charge on any atom is -0.460 e. The second kappa shape index (κ2) is 7.76. The molecule has 1 amide bonds. The summed E-state index contributed by atoms with van der Waals surface area (Å²) in [5.74, 6) is -1.58. The molecule has 0 bridgehead atoms. The first-order valence-corrected chi connectivity index (χ1v) is 11.5. The number of thioether (sulfide) groups is 1. The quantitative estimate of drug-likeness (QED) is 0.214. The number of aliphatic hydroxyl groups excluding tert-OH is 1. The van der Waals surface area contributed by atoms with Crippen LogP contribution in [0.15, 0.2) is 55.1 Å². The highest BCUT2D eigenvalue weighted by Gasteiger charge is 2.74. The zero-order valence-corrected chi connectivity index (χ0v) is 19.5. The molecular formula is C23H22BrNO5S. The van der Waals surface area contributed by atoms with Gasteiger partial charge in [0, 0.05) is 10.3 Å². The topological polar surface area (TPSA) is 83.9 Å². The Morgan fingerprint density at radius 2 is 1.97 bits per heavy atom.